The number of aliphatic imine (C=N–C) groups is 1. The Labute approximate surface area is 280 Å². The van der Waals surface area contributed by atoms with E-state index < -0.39 is 5.82 Å². The van der Waals surface area contributed by atoms with Crippen molar-refractivity contribution >= 4 is 50.8 Å². The minimum absolute atomic E-state index is 0.0206. The lowest BCUT2D eigenvalue weighted by Gasteiger charge is -2.08. The van der Waals surface area contributed by atoms with Gasteiger partial charge in [-0.05, 0) is 50.9 Å². The first kappa shape index (κ1) is 39.8. The fourth-order valence-electron chi connectivity index (χ4n) is 3.39. The van der Waals surface area contributed by atoms with Gasteiger partial charge in [-0.25, -0.2) is 14.0 Å². The second kappa shape index (κ2) is 25.7. The highest BCUT2D eigenvalue weighted by Crippen LogP contribution is 2.24. The fourth-order valence-corrected chi connectivity index (χ4v) is 4.56. The van der Waals surface area contributed by atoms with Crippen molar-refractivity contribution in [2.75, 3.05) is 85.0 Å². The largest absolute Gasteiger partial charge is 0.379 e. The summed E-state index contributed by atoms with van der Waals surface area (Å²) in [4.78, 5) is 27.7. The topological polar surface area (TPSA) is 173 Å². The maximum Gasteiger partial charge on any atom is 0.186 e. The van der Waals surface area contributed by atoms with Crippen LogP contribution in [0.5, 0.6) is 0 Å². The number of carbonyl (C=O) groups excluding carboxylic acids is 2. The number of hydrogen-bond donors (Lipinski definition) is 2. The number of ketones is 2. The van der Waals surface area contributed by atoms with Crippen molar-refractivity contribution in [2.24, 2.45) is 4.99 Å². The van der Waals surface area contributed by atoms with Crippen molar-refractivity contribution in [2.45, 2.75) is 37.6 Å². The van der Waals surface area contributed by atoms with Gasteiger partial charge in [-0.1, -0.05) is 18.7 Å². The lowest BCUT2D eigenvalue weighted by atomic mass is 10.2. The molecule has 1 heterocycles. The summed E-state index contributed by atoms with van der Waals surface area (Å²) in [6.07, 6.45) is 1.86. The van der Waals surface area contributed by atoms with Crippen LogP contribution in [0, 0.1) is 5.82 Å². The number of hydrogen-bond acceptors (Lipinski definition) is 14. The van der Waals surface area contributed by atoms with Crippen LogP contribution in [0.3, 0.4) is 0 Å². The molecule has 0 unspecified atom stereocenters. The Hall–Kier alpha value is -2.35. The fraction of sp³-hybridized carbons (Fsp3) is 0.621. The van der Waals surface area contributed by atoms with Gasteiger partial charge in [0.05, 0.1) is 88.6 Å². The zero-order valence-electron chi connectivity index (χ0n) is 25.9. The summed E-state index contributed by atoms with van der Waals surface area (Å²) >= 11 is 4.18. The number of amidine groups is 1. The van der Waals surface area contributed by atoms with E-state index in [-0.39, 0.29) is 38.3 Å². The van der Waals surface area contributed by atoms with E-state index in [1.165, 1.54) is 18.2 Å². The minimum Gasteiger partial charge on any atom is -0.379 e. The number of halogens is 2. The number of carbonyl (C=O) groups is 2. The van der Waals surface area contributed by atoms with Gasteiger partial charge in [-0.2, -0.15) is 0 Å². The van der Waals surface area contributed by atoms with Crippen LogP contribution in [-0.2, 0) is 38.0 Å². The lowest BCUT2D eigenvalue weighted by Crippen LogP contribution is -2.21. The number of ether oxygens (including phenoxy) is 6. The van der Waals surface area contributed by atoms with E-state index in [0.29, 0.717) is 111 Å². The van der Waals surface area contributed by atoms with Gasteiger partial charge in [0.15, 0.2) is 16.6 Å². The molecule has 0 saturated carbocycles. The molecule has 14 nitrogen and oxygen atoms in total. The Morgan fingerprint density at radius 1 is 0.870 bits per heavy atom. The molecule has 0 saturated heterocycles. The molecule has 0 aliphatic rings. The molecule has 0 spiro atoms. The normalized spacial score (nSPS) is 11.7. The van der Waals surface area contributed by atoms with Crippen molar-refractivity contribution in [3.05, 3.63) is 34.2 Å². The molecule has 2 aromatic rings. The third-order valence-corrected chi connectivity index (χ3v) is 7.44. The molecule has 2 N–H and O–H groups in total. The van der Waals surface area contributed by atoms with Gasteiger partial charge in [0, 0.05) is 25.9 Å². The van der Waals surface area contributed by atoms with Crippen molar-refractivity contribution in [1.82, 2.24) is 15.8 Å². The second-order valence-electron chi connectivity index (χ2n) is 9.34. The Morgan fingerprint density at radius 2 is 1.43 bits per heavy atom. The van der Waals surface area contributed by atoms with Crippen LogP contribution < -0.4 is 5.48 Å². The summed E-state index contributed by atoms with van der Waals surface area (Å²) in [5.74, 6) is -0.231. The zero-order chi connectivity index (χ0) is 33.2. The van der Waals surface area contributed by atoms with Crippen LogP contribution in [0.25, 0.3) is 0 Å². The number of benzene rings is 1. The van der Waals surface area contributed by atoms with Crippen LogP contribution in [0.1, 0.15) is 38.3 Å². The summed E-state index contributed by atoms with van der Waals surface area (Å²) < 4.78 is 51.0. The molecule has 0 amide bonds. The first-order chi connectivity index (χ1) is 22.4. The van der Waals surface area contributed by atoms with E-state index in [0.717, 1.165) is 11.8 Å². The molecule has 1 aromatic carbocycles. The van der Waals surface area contributed by atoms with Crippen molar-refractivity contribution < 1.29 is 52.2 Å². The van der Waals surface area contributed by atoms with E-state index in [4.69, 9.17) is 33.1 Å². The quantitative estimate of drug-likeness (QED) is 0.0423. The first-order valence-corrected chi connectivity index (χ1v) is 16.6. The second-order valence-corrected chi connectivity index (χ2v) is 11.2. The van der Waals surface area contributed by atoms with E-state index in [1.807, 2.05) is 12.4 Å². The summed E-state index contributed by atoms with van der Waals surface area (Å²) in [5.41, 5.74) is 2.39. The Bertz CT molecular complexity index is 1180. The summed E-state index contributed by atoms with van der Waals surface area (Å²) in [6, 6.07) is 4.07. The van der Waals surface area contributed by atoms with Crippen molar-refractivity contribution in [1.29, 1.82) is 0 Å². The molecule has 0 aliphatic heterocycles. The molecule has 46 heavy (non-hydrogen) atoms. The molecule has 2 rings (SSSR count). The molecular weight excluding hydrogens is 695 g/mol. The van der Waals surface area contributed by atoms with Gasteiger partial charge in [-0.3, -0.25) is 20.3 Å². The molecular formula is C29H42BrFN4O10S. The lowest BCUT2D eigenvalue weighted by molar-refractivity contribution is -0.120. The average molecular weight is 738 g/mol. The van der Waals surface area contributed by atoms with Gasteiger partial charge in [0.1, 0.15) is 17.4 Å². The number of nitrogens with zero attached hydrogens (tertiary/aromatic N) is 3. The highest BCUT2D eigenvalue weighted by molar-refractivity contribution is 9.10. The van der Waals surface area contributed by atoms with Gasteiger partial charge in [-0.15, -0.1) is 0 Å². The standard InChI is InChI=1S/C29H42BrFN4O10S/c1-2-23(36)7-9-40-11-13-42-15-17-44-19-18-43-16-14-41-12-10-39-8-3-4-24(37)21-46-29-27(34-45-35-29)28(33-38)32-22-5-6-26(31)25(30)20-22/h5-6,20,38H,2-4,7-19,21H2,1H3,(H,32,33). The van der Waals surface area contributed by atoms with Gasteiger partial charge < -0.3 is 28.4 Å². The predicted molar refractivity (Wildman–Crippen MR) is 169 cm³/mol. The highest BCUT2D eigenvalue weighted by Gasteiger charge is 2.18. The van der Waals surface area contributed by atoms with E-state index in [9.17, 15) is 19.2 Å². The molecule has 258 valence electrons. The highest BCUT2D eigenvalue weighted by atomic mass is 79.9. The van der Waals surface area contributed by atoms with Crippen LogP contribution in [0.15, 0.2) is 37.3 Å². The van der Waals surface area contributed by atoms with E-state index in [1.54, 1.807) is 0 Å². The average Bonchev–Trinajstić information content (AvgIpc) is 3.53. The first-order valence-electron chi connectivity index (χ1n) is 14.8. The molecule has 0 bridgehead atoms. The number of nitrogens with one attached hydrogen (secondary N) is 1. The number of thioether (sulfide) groups is 1. The maximum absolute atomic E-state index is 13.5. The van der Waals surface area contributed by atoms with E-state index in [2.05, 4.69) is 31.2 Å². The SMILES string of the molecule is CCC(=O)CCOCCOCCOCCOCCOCCOCCCC(=O)CSc1nonc1C(=Nc1ccc(F)c(Br)c1)NO. The molecule has 17 heteroatoms. The van der Waals surface area contributed by atoms with Crippen LogP contribution in [0.2, 0.25) is 0 Å². The zero-order valence-corrected chi connectivity index (χ0v) is 28.3. The minimum atomic E-state index is -0.453. The van der Waals surface area contributed by atoms with Gasteiger partial charge >= 0.3 is 0 Å². The number of Topliss-reactive ketones (excluding diaryl/α,β-unsaturated/α-hetero) is 2. The maximum atomic E-state index is 13.5. The monoisotopic (exact) mass is 736 g/mol. The summed E-state index contributed by atoms with van der Waals surface area (Å²) in [7, 11) is 0. The number of aromatic nitrogens is 2. The van der Waals surface area contributed by atoms with Gasteiger partial charge in [0.2, 0.25) is 0 Å². The Morgan fingerprint density at radius 3 is 1.98 bits per heavy atom. The van der Waals surface area contributed by atoms with E-state index >= 15 is 0 Å². The summed E-state index contributed by atoms with van der Waals surface area (Å²) in [5, 5.41) is 17.3. The molecule has 0 fully saturated rings. The number of hydroxylamine groups is 1. The van der Waals surface area contributed by atoms with Crippen LogP contribution in [-0.4, -0.2) is 118 Å². The van der Waals surface area contributed by atoms with Gasteiger partial charge in [0.25, 0.3) is 0 Å². The van der Waals surface area contributed by atoms with Crippen molar-refractivity contribution in [3.63, 3.8) is 0 Å². The molecule has 0 atom stereocenters. The molecule has 1 aromatic heterocycles. The Balaban J connectivity index is 1.40. The Kier molecular flexibility index (Phi) is 22.3. The third kappa shape index (κ3) is 18.1. The van der Waals surface area contributed by atoms with Crippen molar-refractivity contribution in [3.8, 4) is 0 Å². The molecule has 0 radical (unpaired) electrons. The summed E-state index contributed by atoms with van der Waals surface area (Å²) in [6.45, 7) is 7.16. The number of rotatable bonds is 28. The third-order valence-electron chi connectivity index (χ3n) is 5.83. The molecule has 0 aliphatic carbocycles. The predicted octanol–water partition coefficient (Wildman–Crippen LogP) is 3.94. The van der Waals surface area contributed by atoms with Crippen LogP contribution >= 0.6 is 27.7 Å². The smallest absolute Gasteiger partial charge is 0.186 e. The van der Waals surface area contributed by atoms with Crippen LogP contribution in [0.4, 0.5) is 10.1 Å².